The normalized spacial score (nSPS) is 14.9. The molecule has 6 nitrogen and oxygen atoms in total. The number of benzene rings is 1. The summed E-state index contributed by atoms with van der Waals surface area (Å²) in [4.78, 5) is 0. The Morgan fingerprint density at radius 3 is 1.95 bits per heavy atom. The minimum atomic E-state index is -3.31. The molecule has 1 aliphatic rings. The monoisotopic (exact) mass is 287 g/mol. The molecule has 1 N–H and O–H groups in total. The lowest BCUT2D eigenvalue weighted by atomic mass is 10.2. The fourth-order valence-electron chi connectivity index (χ4n) is 1.77. The van der Waals surface area contributed by atoms with Gasteiger partial charge in [0.05, 0.1) is 32.3 Å². The van der Waals surface area contributed by atoms with Crippen molar-refractivity contribution >= 4 is 15.7 Å². The Balaban J connectivity index is 2.36. The maximum absolute atomic E-state index is 11.9. The first kappa shape index (κ1) is 13.8. The molecular weight excluding hydrogens is 270 g/mol. The van der Waals surface area contributed by atoms with Crippen LogP contribution >= 0.6 is 0 Å². The smallest absolute Gasteiger partial charge is 0.235 e. The largest absolute Gasteiger partial charge is 0.493 e. The van der Waals surface area contributed by atoms with Gasteiger partial charge < -0.3 is 14.2 Å². The lowest BCUT2D eigenvalue weighted by Gasteiger charge is -2.15. The van der Waals surface area contributed by atoms with E-state index in [1.807, 2.05) is 0 Å². The second kappa shape index (κ2) is 5.16. The predicted molar refractivity (Wildman–Crippen MR) is 71.7 cm³/mol. The van der Waals surface area contributed by atoms with Crippen molar-refractivity contribution in [2.75, 3.05) is 26.1 Å². The molecule has 2 rings (SSSR count). The standard InChI is InChI=1S/C12H17NO5S/c1-16-10-6-8(7-11(17-2)12(10)18-3)13-19(14,15)9-4-5-9/h6-7,9,13H,4-5H2,1-3H3. The number of methoxy groups -OCH3 is 3. The summed E-state index contributed by atoms with van der Waals surface area (Å²) >= 11 is 0. The molecule has 19 heavy (non-hydrogen) atoms. The minimum Gasteiger partial charge on any atom is -0.493 e. The van der Waals surface area contributed by atoms with Crippen LogP contribution in [0.1, 0.15) is 12.8 Å². The third-order valence-corrected chi connectivity index (χ3v) is 4.76. The van der Waals surface area contributed by atoms with E-state index in [2.05, 4.69) is 4.72 Å². The highest BCUT2D eigenvalue weighted by Gasteiger charge is 2.36. The zero-order chi connectivity index (χ0) is 14.0. The maximum atomic E-state index is 11.9. The Labute approximate surface area is 112 Å². The van der Waals surface area contributed by atoms with Crippen LogP contribution in [0.25, 0.3) is 0 Å². The van der Waals surface area contributed by atoms with Crippen LogP contribution in [-0.2, 0) is 10.0 Å². The topological polar surface area (TPSA) is 73.9 Å². The molecule has 1 saturated carbocycles. The predicted octanol–water partition coefficient (Wildman–Crippen LogP) is 1.62. The molecule has 0 aliphatic heterocycles. The molecule has 0 saturated heterocycles. The molecule has 7 heteroatoms. The summed E-state index contributed by atoms with van der Waals surface area (Å²) in [5.74, 6) is 1.25. The fraction of sp³-hybridized carbons (Fsp3) is 0.500. The van der Waals surface area contributed by atoms with Crippen molar-refractivity contribution in [3.8, 4) is 17.2 Å². The molecule has 0 bridgehead atoms. The van der Waals surface area contributed by atoms with Gasteiger partial charge in [0, 0.05) is 12.1 Å². The van der Waals surface area contributed by atoms with E-state index >= 15 is 0 Å². The van der Waals surface area contributed by atoms with Gasteiger partial charge in [0.2, 0.25) is 15.8 Å². The average molecular weight is 287 g/mol. The van der Waals surface area contributed by atoms with Crippen LogP contribution in [0.5, 0.6) is 17.2 Å². The summed E-state index contributed by atoms with van der Waals surface area (Å²) in [6.07, 6.45) is 1.42. The van der Waals surface area contributed by atoms with Crippen LogP contribution in [0.15, 0.2) is 12.1 Å². The third-order valence-electron chi connectivity index (χ3n) is 2.89. The highest BCUT2D eigenvalue weighted by atomic mass is 32.2. The van der Waals surface area contributed by atoms with Gasteiger partial charge in [-0.3, -0.25) is 4.72 Å². The van der Waals surface area contributed by atoms with Gasteiger partial charge in [-0.1, -0.05) is 0 Å². The number of hydrogen-bond acceptors (Lipinski definition) is 5. The van der Waals surface area contributed by atoms with E-state index in [1.54, 1.807) is 12.1 Å². The van der Waals surface area contributed by atoms with E-state index in [-0.39, 0.29) is 5.25 Å². The Kier molecular flexibility index (Phi) is 3.75. The van der Waals surface area contributed by atoms with Crippen LogP contribution in [0.2, 0.25) is 0 Å². The van der Waals surface area contributed by atoms with Gasteiger partial charge in [0.25, 0.3) is 0 Å². The Bertz CT molecular complexity index is 540. The molecule has 1 aromatic rings. The first-order chi connectivity index (χ1) is 9.01. The van der Waals surface area contributed by atoms with Gasteiger partial charge in [0.15, 0.2) is 11.5 Å². The highest BCUT2D eigenvalue weighted by Crippen LogP contribution is 2.41. The molecule has 1 aromatic carbocycles. The Morgan fingerprint density at radius 1 is 1.05 bits per heavy atom. The van der Waals surface area contributed by atoms with E-state index in [0.29, 0.717) is 35.8 Å². The molecule has 1 fully saturated rings. The van der Waals surface area contributed by atoms with Gasteiger partial charge in [-0.2, -0.15) is 0 Å². The number of nitrogens with one attached hydrogen (secondary N) is 1. The molecule has 106 valence electrons. The fourth-order valence-corrected chi connectivity index (χ4v) is 3.14. The van der Waals surface area contributed by atoms with Gasteiger partial charge in [-0.05, 0) is 12.8 Å². The van der Waals surface area contributed by atoms with Crippen molar-refractivity contribution in [1.29, 1.82) is 0 Å². The second-order valence-corrected chi connectivity index (χ2v) is 6.22. The van der Waals surface area contributed by atoms with Crippen LogP contribution in [0.3, 0.4) is 0 Å². The molecule has 0 unspecified atom stereocenters. The third kappa shape index (κ3) is 2.86. The zero-order valence-electron chi connectivity index (χ0n) is 11.1. The van der Waals surface area contributed by atoms with Crippen molar-refractivity contribution in [2.24, 2.45) is 0 Å². The summed E-state index contributed by atoms with van der Waals surface area (Å²) in [5, 5.41) is -0.286. The number of anilines is 1. The number of ether oxygens (including phenoxy) is 3. The maximum Gasteiger partial charge on any atom is 0.235 e. The molecule has 1 aliphatic carbocycles. The zero-order valence-corrected chi connectivity index (χ0v) is 11.9. The molecular formula is C12H17NO5S. The lowest BCUT2D eigenvalue weighted by molar-refractivity contribution is 0.325. The van der Waals surface area contributed by atoms with E-state index in [4.69, 9.17) is 14.2 Å². The minimum absolute atomic E-state index is 0.286. The van der Waals surface area contributed by atoms with Crippen LogP contribution in [0, 0.1) is 0 Å². The molecule has 0 radical (unpaired) electrons. The van der Waals surface area contributed by atoms with E-state index in [1.165, 1.54) is 21.3 Å². The summed E-state index contributed by atoms with van der Waals surface area (Å²) in [7, 11) is 1.15. The first-order valence-electron chi connectivity index (χ1n) is 5.83. The second-order valence-electron chi connectivity index (χ2n) is 4.26. The van der Waals surface area contributed by atoms with Crippen LogP contribution < -0.4 is 18.9 Å². The van der Waals surface area contributed by atoms with Crippen molar-refractivity contribution in [3.63, 3.8) is 0 Å². The van der Waals surface area contributed by atoms with Crippen molar-refractivity contribution in [1.82, 2.24) is 0 Å². The Morgan fingerprint density at radius 2 is 1.58 bits per heavy atom. The van der Waals surface area contributed by atoms with Gasteiger partial charge in [-0.15, -0.1) is 0 Å². The van der Waals surface area contributed by atoms with E-state index < -0.39 is 10.0 Å². The van der Waals surface area contributed by atoms with Gasteiger partial charge in [-0.25, -0.2) is 8.42 Å². The van der Waals surface area contributed by atoms with Gasteiger partial charge >= 0.3 is 0 Å². The van der Waals surface area contributed by atoms with E-state index in [0.717, 1.165) is 0 Å². The summed E-state index contributed by atoms with van der Waals surface area (Å²) in [6.45, 7) is 0. The van der Waals surface area contributed by atoms with Crippen molar-refractivity contribution in [3.05, 3.63) is 12.1 Å². The average Bonchev–Trinajstić information content (AvgIpc) is 3.21. The van der Waals surface area contributed by atoms with E-state index in [9.17, 15) is 8.42 Å². The van der Waals surface area contributed by atoms with Crippen molar-refractivity contribution < 1.29 is 22.6 Å². The number of hydrogen-bond donors (Lipinski definition) is 1. The highest BCUT2D eigenvalue weighted by molar-refractivity contribution is 7.93. The summed E-state index contributed by atoms with van der Waals surface area (Å²) < 4.78 is 41.8. The molecule has 0 heterocycles. The quantitative estimate of drug-likeness (QED) is 0.860. The number of rotatable bonds is 6. The van der Waals surface area contributed by atoms with Crippen LogP contribution in [-0.4, -0.2) is 35.0 Å². The first-order valence-corrected chi connectivity index (χ1v) is 7.38. The van der Waals surface area contributed by atoms with Gasteiger partial charge in [0.1, 0.15) is 0 Å². The lowest BCUT2D eigenvalue weighted by Crippen LogP contribution is -2.17. The number of sulfonamides is 1. The Hall–Kier alpha value is -1.63. The summed E-state index contributed by atoms with van der Waals surface area (Å²) in [5.41, 5.74) is 0.404. The molecule has 0 spiro atoms. The van der Waals surface area contributed by atoms with Crippen molar-refractivity contribution in [2.45, 2.75) is 18.1 Å². The molecule has 0 atom stereocenters. The molecule has 0 amide bonds. The molecule has 0 aromatic heterocycles. The SMILES string of the molecule is COc1cc(NS(=O)(=O)C2CC2)cc(OC)c1OC. The summed E-state index contributed by atoms with van der Waals surface area (Å²) in [6, 6.07) is 3.14. The van der Waals surface area contributed by atoms with Crippen LogP contribution in [0.4, 0.5) is 5.69 Å².